The SMILES string of the molecule is CNC1CCS(=O)(=Nc2cncc(Br)c2C)C1. The Labute approximate surface area is 111 Å². The third-order valence-corrected chi connectivity index (χ3v) is 6.17. The molecule has 0 saturated carbocycles. The number of rotatable bonds is 2. The Morgan fingerprint density at radius 2 is 2.35 bits per heavy atom. The number of hydrogen-bond donors (Lipinski definition) is 1. The highest BCUT2D eigenvalue weighted by atomic mass is 79.9. The Morgan fingerprint density at radius 1 is 1.59 bits per heavy atom. The first-order valence-corrected chi connectivity index (χ1v) is 8.18. The number of pyridine rings is 1. The second-order valence-corrected chi connectivity index (χ2v) is 7.60. The lowest BCUT2D eigenvalue weighted by Crippen LogP contribution is -2.25. The number of nitrogens with one attached hydrogen (secondary N) is 1. The predicted molar refractivity (Wildman–Crippen MR) is 74.1 cm³/mol. The smallest absolute Gasteiger partial charge is 0.0953 e. The summed E-state index contributed by atoms with van der Waals surface area (Å²) in [5, 5.41) is 3.17. The van der Waals surface area contributed by atoms with Crippen molar-refractivity contribution in [3.8, 4) is 0 Å². The molecule has 2 rings (SSSR count). The summed E-state index contributed by atoms with van der Waals surface area (Å²) in [5.41, 5.74) is 1.73. The first-order chi connectivity index (χ1) is 8.04. The Balaban J connectivity index is 2.37. The monoisotopic (exact) mass is 317 g/mol. The van der Waals surface area contributed by atoms with Crippen LogP contribution in [0.15, 0.2) is 21.2 Å². The molecule has 1 saturated heterocycles. The molecular weight excluding hydrogens is 302 g/mol. The second kappa shape index (κ2) is 5.04. The van der Waals surface area contributed by atoms with Gasteiger partial charge in [0.1, 0.15) is 0 Å². The van der Waals surface area contributed by atoms with Crippen LogP contribution < -0.4 is 5.32 Å². The maximum atomic E-state index is 12.5. The summed E-state index contributed by atoms with van der Waals surface area (Å²) in [6, 6.07) is 0.326. The summed E-state index contributed by atoms with van der Waals surface area (Å²) in [5.74, 6) is 1.31. The van der Waals surface area contributed by atoms with E-state index in [2.05, 4.69) is 30.6 Å². The van der Waals surface area contributed by atoms with Crippen molar-refractivity contribution >= 4 is 31.3 Å². The molecule has 0 aliphatic carbocycles. The van der Waals surface area contributed by atoms with Crippen molar-refractivity contribution in [1.82, 2.24) is 10.3 Å². The zero-order chi connectivity index (χ0) is 12.5. The molecule has 0 aromatic carbocycles. The average molecular weight is 318 g/mol. The van der Waals surface area contributed by atoms with Gasteiger partial charge in [0.2, 0.25) is 0 Å². The van der Waals surface area contributed by atoms with Crippen LogP contribution in [0.1, 0.15) is 12.0 Å². The number of aromatic nitrogens is 1. The van der Waals surface area contributed by atoms with E-state index in [1.165, 1.54) is 0 Å². The lowest BCUT2D eigenvalue weighted by Gasteiger charge is -2.06. The molecule has 2 heterocycles. The highest BCUT2D eigenvalue weighted by Gasteiger charge is 2.25. The van der Waals surface area contributed by atoms with Crippen LogP contribution in [0.3, 0.4) is 0 Å². The van der Waals surface area contributed by atoms with Crippen LogP contribution in [0, 0.1) is 6.92 Å². The van der Waals surface area contributed by atoms with E-state index in [0.29, 0.717) is 17.5 Å². The Morgan fingerprint density at radius 3 is 3.00 bits per heavy atom. The van der Waals surface area contributed by atoms with Crippen molar-refractivity contribution < 1.29 is 4.21 Å². The molecule has 94 valence electrons. The first-order valence-electron chi connectivity index (χ1n) is 5.54. The topological polar surface area (TPSA) is 54.4 Å². The zero-order valence-electron chi connectivity index (χ0n) is 9.94. The maximum Gasteiger partial charge on any atom is 0.0953 e. The quantitative estimate of drug-likeness (QED) is 0.910. The minimum atomic E-state index is -2.11. The van der Waals surface area contributed by atoms with Gasteiger partial charge in [-0.3, -0.25) is 4.98 Å². The molecule has 0 radical (unpaired) electrons. The van der Waals surface area contributed by atoms with Gasteiger partial charge in [-0.25, -0.2) is 4.21 Å². The molecule has 1 fully saturated rings. The number of nitrogens with zero attached hydrogens (tertiary/aromatic N) is 2. The molecular formula is C11H16BrN3OS. The van der Waals surface area contributed by atoms with E-state index in [9.17, 15) is 4.21 Å². The first kappa shape index (κ1) is 13.0. The van der Waals surface area contributed by atoms with Crippen molar-refractivity contribution in [1.29, 1.82) is 0 Å². The summed E-state index contributed by atoms with van der Waals surface area (Å²) in [7, 11) is -0.201. The van der Waals surface area contributed by atoms with E-state index < -0.39 is 9.73 Å². The van der Waals surface area contributed by atoms with Gasteiger partial charge < -0.3 is 5.32 Å². The Kier molecular flexibility index (Phi) is 3.85. The minimum Gasteiger partial charge on any atom is -0.316 e. The number of hydrogen-bond acceptors (Lipinski definition) is 4. The van der Waals surface area contributed by atoms with Gasteiger partial charge >= 0.3 is 0 Å². The second-order valence-electron chi connectivity index (χ2n) is 4.27. The van der Waals surface area contributed by atoms with E-state index in [1.54, 1.807) is 12.4 Å². The van der Waals surface area contributed by atoms with Crippen LogP contribution in [0.4, 0.5) is 5.69 Å². The van der Waals surface area contributed by atoms with Crippen molar-refractivity contribution in [2.75, 3.05) is 18.6 Å². The molecule has 4 nitrogen and oxygen atoms in total. The highest BCUT2D eigenvalue weighted by Crippen LogP contribution is 2.27. The normalized spacial score (nSPS) is 28.3. The van der Waals surface area contributed by atoms with Crippen molar-refractivity contribution in [3.05, 3.63) is 22.4 Å². The summed E-state index contributed by atoms with van der Waals surface area (Å²) in [6.45, 7) is 1.96. The molecule has 1 aromatic rings. The fourth-order valence-corrected chi connectivity index (χ4v) is 4.69. The molecule has 2 atom stereocenters. The molecule has 0 bridgehead atoms. The van der Waals surface area contributed by atoms with E-state index >= 15 is 0 Å². The standard InChI is InChI=1S/C11H16BrN3OS/c1-8-10(12)5-14-6-11(8)15-17(16)4-3-9(7-17)13-2/h5-6,9,13H,3-4,7H2,1-2H3. The molecule has 0 spiro atoms. The highest BCUT2D eigenvalue weighted by molar-refractivity contribution is 9.10. The largest absolute Gasteiger partial charge is 0.316 e. The van der Waals surface area contributed by atoms with E-state index in [1.807, 2.05) is 14.0 Å². The molecule has 1 N–H and O–H groups in total. The zero-order valence-corrected chi connectivity index (χ0v) is 12.3. The lowest BCUT2D eigenvalue weighted by molar-refractivity contribution is 0.622. The summed E-state index contributed by atoms with van der Waals surface area (Å²) < 4.78 is 17.9. The number of halogens is 1. The molecule has 1 aliphatic heterocycles. The van der Waals surface area contributed by atoms with Gasteiger partial charge in [-0.05, 0) is 41.9 Å². The Hall–Kier alpha value is -0.460. The average Bonchev–Trinajstić information content (AvgIpc) is 2.67. The third kappa shape index (κ3) is 2.86. The van der Waals surface area contributed by atoms with Crippen LogP contribution in [-0.2, 0) is 9.73 Å². The third-order valence-electron chi connectivity index (χ3n) is 3.05. The van der Waals surface area contributed by atoms with Crippen LogP contribution in [0.25, 0.3) is 0 Å². The summed E-state index contributed by atoms with van der Waals surface area (Å²) >= 11 is 3.41. The van der Waals surface area contributed by atoms with Gasteiger partial charge in [0.15, 0.2) is 0 Å². The lowest BCUT2D eigenvalue weighted by atomic mass is 10.3. The van der Waals surface area contributed by atoms with Gasteiger partial charge in [-0.1, -0.05) is 0 Å². The summed E-state index contributed by atoms with van der Waals surface area (Å²) in [6.07, 6.45) is 4.34. The van der Waals surface area contributed by atoms with Gasteiger partial charge in [0, 0.05) is 28.2 Å². The van der Waals surface area contributed by atoms with Crippen LogP contribution in [0.2, 0.25) is 0 Å². The van der Waals surface area contributed by atoms with E-state index in [0.717, 1.165) is 22.1 Å². The molecule has 1 aliphatic rings. The van der Waals surface area contributed by atoms with E-state index in [4.69, 9.17) is 0 Å². The molecule has 17 heavy (non-hydrogen) atoms. The fourth-order valence-electron chi connectivity index (χ4n) is 1.88. The van der Waals surface area contributed by atoms with Gasteiger partial charge in [0.25, 0.3) is 0 Å². The summed E-state index contributed by atoms with van der Waals surface area (Å²) in [4.78, 5) is 4.08. The molecule has 2 unspecified atom stereocenters. The molecule has 0 amide bonds. The van der Waals surface area contributed by atoms with Crippen molar-refractivity contribution in [2.45, 2.75) is 19.4 Å². The van der Waals surface area contributed by atoms with Gasteiger partial charge in [-0.15, -0.1) is 0 Å². The maximum absolute atomic E-state index is 12.5. The van der Waals surface area contributed by atoms with Crippen LogP contribution in [-0.4, -0.2) is 33.8 Å². The van der Waals surface area contributed by atoms with Crippen molar-refractivity contribution in [2.24, 2.45) is 4.36 Å². The predicted octanol–water partition coefficient (Wildman–Crippen LogP) is 2.24. The fraction of sp³-hybridized carbons (Fsp3) is 0.545. The molecule has 1 aromatic heterocycles. The van der Waals surface area contributed by atoms with Crippen LogP contribution >= 0.6 is 15.9 Å². The van der Waals surface area contributed by atoms with E-state index in [-0.39, 0.29) is 0 Å². The van der Waals surface area contributed by atoms with Crippen LogP contribution in [0.5, 0.6) is 0 Å². The van der Waals surface area contributed by atoms with Gasteiger partial charge in [-0.2, -0.15) is 4.36 Å². The Bertz CT molecular complexity index is 538. The van der Waals surface area contributed by atoms with Crippen molar-refractivity contribution in [3.63, 3.8) is 0 Å². The minimum absolute atomic E-state index is 0.326. The molecule has 6 heteroatoms. The van der Waals surface area contributed by atoms with Gasteiger partial charge in [0.05, 0.1) is 21.6 Å².